The van der Waals surface area contributed by atoms with Crippen molar-refractivity contribution in [3.05, 3.63) is 30.0 Å². The molecular formula is C17H21ClN8O2. The lowest BCUT2D eigenvalue weighted by atomic mass is 10.1. The Labute approximate surface area is 167 Å². The fraction of sp³-hybridized carbons (Fsp3) is 0.353. The maximum absolute atomic E-state index is 12.6. The van der Waals surface area contributed by atoms with E-state index in [-0.39, 0.29) is 24.3 Å². The second-order valence-electron chi connectivity index (χ2n) is 6.39. The summed E-state index contributed by atoms with van der Waals surface area (Å²) in [5, 5.41) is 16.8. The number of ether oxygens (including phenoxy) is 1. The van der Waals surface area contributed by atoms with Gasteiger partial charge in [-0.05, 0) is 36.5 Å². The zero-order chi connectivity index (χ0) is 18.8. The van der Waals surface area contributed by atoms with Crippen molar-refractivity contribution in [3.63, 3.8) is 0 Å². The van der Waals surface area contributed by atoms with Crippen LogP contribution < -0.4 is 15.0 Å². The Hall–Kier alpha value is -2.98. The van der Waals surface area contributed by atoms with Crippen LogP contribution in [-0.2, 0) is 0 Å². The number of piperazine rings is 1. The van der Waals surface area contributed by atoms with Crippen molar-refractivity contribution in [3.8, 4) is 5.75 Å². The van der Waals surface area contributed by atoms with Crippen molar-refractivity contribution in [1.82, 2.24) is 30.5 Å². The number of rotatable bonds is 4. The zero-order valence-corrected chi connectivity index (χ0v) is 16.4. The third-order valence-corrected chi connectivity index (χ3v) is 4.64. The summed E-state index contributed by atoms with van der Waals surface area (Å²) in [6, 6.07) is 7.46. The van der Waals surface area contributed by atoms with Gasteiger partial charge < -0.3 is 14.5 Å². The second kappa shape index (κ2) is 8.36. The Morgan fingerprint density at radius 3 is 2.68 bits per heavy atom. The third-order valence-electron chi connectivity index (χ3n) is 4.64. The molecule has 1 aromatic carbocycles. The number of tetrazole rings is 1. The molecule has 148 valence electrons. The van der Waals surface area contributed by atoms with Crippen LogP contribution in [0.25, 0.3) is 10.9 Å². The van der Waals surface area contributed by atoms with Crippen molar-refractivity contribution in [2.75, 3.05) is 50.6 Å². The molecule has 2 N–H and O–H groups in total. The first-order chi connectivity index (χ1) is 13.1. The number of fused-ring (bicyclic) bond motifs is 1. The zero-order valence-electron chi connectivity index (χ0n) is 15.5. The predicted octanol–water partition coefficient (Wildman–Crippen LogP) is 1.18. The summed E-state index contributed by atoms with van der Waals surface area (Å²) in [5.41, 5.74) is 1.99. The van der Waals surface area contributed by atoms with Gasteiger partial charge in [0.1, 0.15) is 11.4 Å². The van der Waals surface area contributed by atoms with Gasteiger partial charge in [-0.3, -0.25) is 10.1 Å². The lowest BCUT2D eigenvalue weighted by molar-refractivity contribution is 0.102. The van der Waals surface area contributed by atoms with Gasteiger partial charge in [-0.1, -0.05) is 5.10 Å². The summed E-state index contributed by atoms with van der Waals surface area (Å²) in [5.74, 6) is 0.478. The number of likely N-dealkylation sites (N-methyl/N-ethyl adjacent to an activating group) is 1. The molecule has 3 heterocycles. The fourth-order valence-electron chi connectivity index (χ4n) is 3.12. The highest BCUT2D eigenvalue weighted by atomic mass is 35.5. The molecule has 0 spiro atoms. The van der Waals surface area contributed by atoms with Gasteiger partial charge in [0, 0.05) is 37.3 Å². The molecule has 0 atom stereocenters. The van der Waals surface area contributed by atoms with E-state index in [0.29, 0.717) is 5.69 Å². The molecule has 0 bridgehead atoms. The number of methoxy groups -OCH3 is 1. The average Bonchev–Trinajstić information content (AvgIpc) is 3.20. The molecule has 1 saturated heterocycles. The number of carbonyl (C=O) groups excluding carboxylic acids is 1. The van der Waals surface area contributed by atoms with Crippen molar-refractivity contribution in [2.24, 2.45) is 0 Å². The first kappa shape index (κ1) is 19.8. The number of aromatic amines is 1. The van der Waals surface area contributed by atoms with Crippen LogP contribution in [0.1, 0.15) is 10.5 Å². The van der Waals surface area contributed by atoms with E-state index < -0.39 is 0 Å². The molecule has 1 amide bonds. The highest BCUT2D eigenvalue weighted by molar-refractivity contribution is 6.05. The number of nitrogens with one attached hydrogen (secondary N) is 2. The standard InChI is InChI=1S/C17H20N8O2.ClH/c1-24-5-7-25(8-6-24)15-10-14(16(26)19-17-20-22-23-21-17)18-13-4-3-11(27-2)9-12(13)15;/h3-4,9-10H,5-8H2,1-2H3,(H2,19,20,21,22,23,26);1H. The van der Waals surface area contributed by atoms with Crippen LogP contribution in [-0.4, -0.2) is 76.8 Å². The SMILES string of the molecule is COc1ccc2nc(C(=O)Nc3nn[nH]n3)cc(N3CCN(C)CC3)c2c1.Cl. The normalized spacial score (nSPS) is 14.6. The quantitative estimate of drug-likeness (QED) is 0.666. The summed E-state index contributed by atoms with van der Waals surface area (Å²) >= 11 is 0. The molecule has 1 aliphatic heterocycles. The average molecular weight is 405 g/mol. The number of pyridine rings is 1. The number of hydrogen-bond donors (Lipinski definition) is 2. The second-order valence-corrected chi connectivity index (χ2v) is 6.39. The van der Waals surface area contributed by atoms with E-state index >= 15 is 0 Å². The van der Waals surface area contributed by atoms with Gasteiger partial charge in [0.2, 0.25) is 0 Å². The highest BCUT2D eigenvalue weighted by Crippen LogP contribution is 2.31. The largest absolute Gasteiger partial charge is 0.497 e. The van der Waals surface area contributed by atoms with Crippen molar-refractivity contribution in [1.29, 1.82) is 0 Å². The van der Waals surface area contributed by atoms with E-state index in [0.717, 1.165) is 48.5 Å². The smallest absolute Gasteiger partial charge is 0.276 e. The number of nitrogens with zero attached hydrogens (tertiary/aromatic N) is 6. The predicted molar refractivity (Wildman–Crippen MR) is 107 cm³/mol. The number of carbonyl (C=O) groups is 1. The number of aromatic nitrogens is 5. The van der Waals surface area contributed by atoms with Gasteiger partial charge in [-0.25, -0.2) is 4.98 Å². The Kier molecular flexibility index (Phi) is 5.90. The molecule has 0 aliphatic carbocycles. The molecule has 4 rings (SSSR count). The number of amides is 1. The van der Waals surface area contributed by atoms with Crippen molar-refractivity contribution < 1.29 is 9.53 Å². The molecular weight excluding hydrogens is 384 g/mol. The van der Waals surface area contributed by atoms with Crippen LogP contribution in [0, 0.1) is 0 Å². The minimum absolute atomic E-state index is 0. The maximum atomic E-state index is 12.6. The monoisotopic (exact) mass is 404 g/mol. The van der Waals surface area contributed by atoms with Crippen LogP contribution in [0.15, 0.2) is 24.3 Å². The lowest BCUT2D eigenvalue weighted by Crippen LogP contribution is -2.44. The summed E-state index contributed by atoms with van der Waals surface area (Å²) in [6.45, 7) is 3.66. The number of anilines is 2. The first-order valence-electron chi connectivity index (χ1n) is 8.61. The molecule has 0 radical (unpaired) electrons. The number of hydrogen-bond acceptors (Lipinski definition) is 8. The van der Waals surface area contributed by atoms with E-state index in [9.17, 15) is 4.79 Å². The summed E-state index contributed by atoms with van der Waals surface area (Å²) in [6.07, 6.45) is 0. The van der Waals surface area contributed by atoms with Gasteiger partial charge >= 0.3 is 0 Å². The van der Waals surface area contributed by atoms with Crippen LogP contribution >= 0.6 is 12.4 Å². The minimum atomic E-state index is -0.385. The first-order valence-corrected chi connectivity index (χ1v) is 8.61. The van der Waals surface area contributed by atoms with Gasteiger partial charge in [0.15, 0.2) is 0 Å². The van der Waals surface area contributed by atoms with E-state index in [2.05, 4.69) is 47.8 Å². The lowest BCUT2D eigenvalue weighted by Gasteiger charge is -2.34. The minimum Gasteiger partial charge on any atom is -0.497 e. The molecule has 2 aromatic heterocycles. The Morgan fingerprint density at radius 2 is 2.00 bits per heavy atom. The number of halogens is 1. The van der Waals surface area contributed by atoms with E-state index in [4.69, 9.17) is 4.74 Å². The fourth-order valence-corrected chi connectivity index (χ4v) is 3.12. The molecule has 28 heavy (non-hydrogen) atoms. The number of H-pyrrole nitrogens is 1. The van der Waals surface area contributed by atoms with E-state index in [1.807, 2.05) is 24.3 Å². The van der Waals surface area contributed by atoms with Crippen LogP contribution in [0.4, 0.5) is 11.6 Å². The van der Waals surface area contributed by atoms with Gasteiger partial charge in [0.05, 0.1) is 12.6 Å². The Morgan fingerprint density at radius 1 is 1.21 bits per heavy atom. The Bertz CT molecular complexity index is 957. The molecule has 1 fully saturated rings. The van der Waals surface area contributed by atoms with Crippen LogP contribution in [0.2, 0.25) is 0 Å². The van der Waals surface area contributed by atoms with Gasteiger partial charge in [-0.15, -0.1) is 17.5 Å². The van der Waals surface area contributed by atoms with E-state index in [1.165, 1.54) is 0 Å². The van der Waals surface area contributed by atoms with Crippen molar-refractivity contribution in [2.45, 2.75) is 0 Å². The third kappa shape index (κ3) is 3.97. The topological polar surface area (TPSA) is 112 Å². The molecule has 10 nitrogen and oxygen atoms in total. The molecule has 3 aromatic rings. The summed E-state index contributed by atoms with van der Waals surface area (Å²) in [7, 11) is 3.74. The van der Waals surface area contributed by atoms with Gasteiger partial charge in [0.25, 0.3) is 11.9 Å². The van der Waals surface area contributed by atoms with E-state index in [1.54, 1.807) is 7.11 Å². The number of benzene rings is 1. The molecule has 11 heteroatoms. The van der Waals surface area contributed by atoms with Crippen molar-refractivity contribution >= 4 is 40.9 Å². The highest BCUT2D eigenvalue weighted by Gasteiger charge is 2.20. The maximum Gasteiger partial charge on any atom is 0.276 e. The summed E-state index contributed by atoms with van der Waals surface area (Å²) in [4.78, 5) is 21.7. The Balaban J connectivity index is 0.00000225. The molecule has 1 aliphatic rings. The molecule has 0 saturated carbocycles. The molecule has 0 unspecified atom stereocenters. The van der Waals surface area contributed by atoms with Crippen LogP contribution in [0.3, 0.4) is 0 Å². The van der Waals surface area contributed by atoms with Gasteiger partial charge in [-0.2, -0.15) is 5.21 Å². The summed E-state index contributed by atoms with van der Waals surface area (Å²) < 4.78 is 5.37. The van der Waals surface area contributed by atoms with Crippen LogP contribution in [0.5, 0.6) is 5.75 Å².